The highest BCUT2D eigenvalue weighted by atomic mass is 16.2. The second kappa shape index (κ2) is 5.99. The third-order valence-corrected chi connectivity index (χ3v) is 3.82. The molecule has 5 nitrogen and oxygen atoms in total. The Morgan fingerprint density at radius 2 is 1.76 bits per heavy atom. The van der Waals surface area contributed by atoms with E-state index >= 15 is 0 Å². The first-order valence-electron chi connectivity index (χ1n) is 7.02. The number of hydrogen-bond acceptors (Lipinski definition) is 3. The zero-order chi connectivity index (χ0) is 15.6. The van der Waals surface area contributed by atoms with Crippen molar-refractivity contribution in [1.29, 1.82) is 0 Å². The molecule has 2 rings (SSSR count). The van der Waals surface area contributed by atoms with Crippen molar-refractivity contribution in [2.24, 2.45) is 14.1 Å². The lowest BCUT2D eigenvalue weighted by molar-refractivity contribution is 0.637. The van der Waals surface area contributed by atoms with Gasteiger partial charge in [-0.05, 0) is 25.5 Å². The van der Waals surface area contributed by atoms with E-state index in [1.165, 1.54) is 23.2 Å². The fourth-order valence-electron chi connectivity index (χ4n) is 2.41. The Labute approximate surface area is 124 Å². The minimum atomic E-state index is -0.293. The monoisotopic (exact) mass is 287 g/mol. The molecule has 1 aromatic carbocycles. The molecule has 0 atom stereocenters. The Bertz CT molecular complexity index is 759. The molecule has 0 radical (unpaired) electrons. The molecule has 0 aliphatic carbocycles. The Kier molecular flexibility index (Phi) is 4.31. The summed E-state index contributed by atoms with van der Waals surface area (Å²) < 4.78 is 2.65. The Hall–Kier alpha value is -2.30. The predicted molar refractivity (Wildman–Crippen MR) is 84.8 cm³/mol. The molecule has 0 spiro atoms. The second-order valence-corrected chi connectivity index (χ2v) is 5.18. The van der Waals surface area contributed by atoms with Crippen LogP contribution in [0.15, 0.2) is 39.9 Å². The van der Waals surface area contributed by atoms with Gasteiger partial charge in [-0.1, -0.05) is 18.2 Å². The van der Waals surface area contributed by atoms with Crippen molar-refractivity contribution >= 4 is 5.69 Å². The van der Waals surface area contributed by atoms with Crippen LogP contribution in [-0.2, 0) is 20.6 Å². The van der Waals surface area contributed by atoms with Crippen LogP contribution in [0.3, 0.4) is 0 Å². The average molecular weight is 287 g/mol. The third-order valence-electron chi connectivity index (χ3n) is 3.82. The fraction of sp³-hybridized carbons (Fsp3) is 0.375. The molecule has 1 aromatic heterocycles. The van der Waals surface area contributed by atoms with Crippen molar-refractivity contribution in [3.63, 3.8) is 0 Å². The normalized spacial score (nSPS) is 10.7. The Balaban J connectivity index is 2.43. The Morgan fingerprint density at radius 3 is 2.38 bits per heavy atom. The summed E-state index contributed by atoms with van der Waals surface area (Å²) in [5.41, 5.74) is 2.45. The van der Waals surface area contributed by atoms with Crippen LogP contribution in [0, 0.1) is 6.92 Å². The van der Waals surface area contributed by atoms with Crippen LogP contribution in [0.5, 0.6) is 0 Å². The van der Waals surface area contributed by atoms with Crippen LogP contribution in [0.1, 0.15) is 18.2 Å². The van der Waals surface area contributed by atoms with Crippen molar-refractivity contribution in [2.45, 2.75) is 20.4 Å². The molecule has 0 aliphatic heterocycles. The lowest BCUT2D eigenvalue weighted by Gasteiger charge is -2.25. The van der Waals surface area contributed by atoms with E-state index in [0.29, 0.717) is 12.2 Å². The van der Waals surface area contributed by atoms with Gasteiger partial charge in [-0.3, -0.25) is 13.9 Å². The summed E-state index contributed by atoms with van der Waals surface area (Å²) in [4.78, 5) is 26.0. The van der Waals surface area contributed by atoms with E-state index < -0.39 is 0 Å². The summed E-state index contributed by atoms with van der Waals surface area (Å²) in [5, 5.41) is 0. The van der Waals surface area contributed by atoms with Gasteiger partial charge in [0.15, 0.2) is 0 Å². The van der Waals surface area contributed by atoms with Crippen LogP contribution < -0.4 is 16.1 Å². The zero-order valence-electron chi connectivity index (χ0n) is 13.0. The quantitative estimate of drug-likeness (QED) is 0.854. The number of nitrogens with zero attached hydrogens (tertiary/aromatic N) is 3. The molecule has 0 amide bonds. The zero-order valence-corrected chi connectivity index (χ0v) is 13.0. The van der Waals surface area contributed by atoms with Gasteiger partial charge in [-0.15, -0.1) is 0 Å². The van der Waals surface area contributed by atoms with Gasteiger partial charge in [-0.2, -0.15) is 0 Å². The summed E-state index contributed by atoms with van der Waals surface area (Å²) in [6.45, 7) is 5.45. The molecule has 0 N–H and O–H groups in total. The maximum Gasteiger partial charge on any atom is 0.330 e. The molecular formula is C16H21N3O2. The molecule has 0 saturated carbocycles. The highest BCUT2D eigenvalue weighted by molar-refractivity contribution is 5.52. The first kappa shape index (κ1) is 15.1. The maximum atomic E-state index is 12.0. The standard InChI is InChI=1S/C16H21N3O2/c1-5-19(14-9-7-6-8-12(14)2)11-13-10-15(20)18(4)16(21)17(13)3/h6-10H,5,11H2,1-4H3. The molecule has 0 unspecified atom stereocenters. The number of hydrogen-bond donors (Lipinski definition) is 0. The van der Waals surface area contributed by atoms with E-state index in [2.05, 4.69) is 30.9 Å². The minimum absolute atomic E-state index is 0.270. The van der Waals surface area contributed by atoms with E-state index in [0.717, 1.165) is 16.8 Å². The molecule has 0 saturated heterocycles. The summed E-state index contributed by atoms with van der Waals surface area (Å²) >= 11 is 0. The van der Waals surface area contributed by atoms with Crippen molar-refractivity contribution in [3.8, 4) is 0 Å². The molecule has 0 fully saturated rings. The van der Waals surface area contributed by atoms with Crippen molar-refractivity contribution < 1.29 is 0 Å². The number of anilines is 1. The van der Waals surface area contributed by atoms with Crippen LogP contribution in [0.25, 0.3) is 0 Å². The van der Waals surface area contributed by atoms with Gasteiger partial charge in [-0.25, -0.2) is 4.79 Å². The average Bonchev–Trinajstić information content (AvgIpc) is 2.48. The molecule has 5 heteroatoms. The molecule has 2 aromatic rings. The number of rotatable bonds is 4. The maximum absolute atomic E-state index is 12.0. The number of aryl methyl sites for hydroxylation is 1. The van der Waals surface area contributed by atoms with Gasteiger partial charge >= 0.3 is 5.69 Å². The van der Waals surface area contributed by atoms with E-state index in [9.17, 15) is 9.59 Å². The fourth-order valence-corrected chi connectivity index (χ4v) is 2.41. The lowest BCUT2D eigenvalue weighted by Crippen LogP contribution is -2.39. The van der Waals surface area contributed by atoms with Crippen LogP contribution in [0.4, 0.5) is 5.69 Å². The second-order valence-electron chi connectivity index (χ2n) is 5.18. The van der Waals surface area contributed by atoms with E-state index in [1.807, 2.05) is 12.1 Å². The van der Waals surface area contributed by atoms with Gasteiger partial charge in [0.25, 0.3) is 5.56 Å². The van der Waals surface area contributed by atoms with E-state index in [-0.39, 0.29) is 11.2 Å². The molecule has 21 heavy (non-hydrogen) atoms. The highest BCUT2D eigenvalue weighted by Gasteiger charge is 2.12. The van der Waals surface area contributed by atoms with Gasteiger partial charge in [0.05, 0.1) is 6.54 Å². The van der Waals surface area contributed by atoms with E-state index in [4.69, 9.17) is 0 Å². The van der Waals surface area contributed by atoms with Crippen LogP contribution >= 0.6 is 0 Å². The smallest absolute Gasteiger partial charge is 0.330 e. The minimum Gasteiger partial charge on any atom is -0.366 e. The molecule has 1 heterocycles. The lowest BCUT2D eigenvalue weighted by atomic mass is 10.1. The van der Waals surface area contributed by atoms with Crippen LogP contribution in [-0.4, -0.2) is 15.7 Å². The SMILES string of the molecule is CCN(Cc1cc(=O)n(C)c(=O)n1C)c1ccccc1C. The number of benzene rings is 1. The summed E-state index contributed by atoms with van der Waals surface area (Å²) in [6, 6.07) is 9.64. The largest absolute Gasteiger partial charge is 0.366 e. The molecule has 0 bridgehead atoms. The summed E-state index contributed by atoms with van der Waals surface area (Å²) in [7, 11) is 3.19. The van der Waals surface area contributed by atoms with Crippen molar-refractivity contribution in [3.05, 3.63) is 62.4 Å². The molecule has 112 valence electrons. The van der Waals surface area contributed by atoms with Crippen molar-refractivity contribution in [2.75, 3.05) is 11.4 Å². The summed E-state index contributed by atoms with van der Waals surface area (Å²) in [5.74, 6) is 0. The van der Waals surface area contributed by atoms with Gasteiger partial charge < -0.3 is 4.90 Å². The van der Waals surface area contributed by atoms with Crippen LogP contribution in [0.2, 0.25) is 0 Å². The van der Waals surface area contributed by atoms with Gasteiger partial charge in [0, 0.05) is 38.1 Å². The third kappa shape index (κ3) is 2.91. The molecule has 0 aliphatic rings. The number of para-hydroxylation sites is 1. The topological polar surface area (TPSA) is 47.2 Å². The molecular weight excluding hydrogens is 266 g/mol. The Morgan fingerprint density at radius 1 is 1.10 bits per heavy atom. The first-order chi connectivity index (χ1) is 9.95. The predicted octanol–water partition coefficient (Wildman–Crippen LogP) is 1.42. The summed E-state index contributed by atoms with van der Waals surface area (Å²) in [6.07, 6.45) is 0. The van der Waals surface area contributed by atoms with Gasteiger partial charge in [0.1, 0.15) is 0 Å². The first-order valence-corrected chi connectivity index (χ1v) is 7.02. The highest BCUT2D eigenvalue weighted by Crippen LogP contribution is 2.20. The van der Waals surface area contributed by atoms with Crippen molar-refractivity contribution in [1.82, 2.24) is 9.13 Å². The van der Waals surface area contributed by atoms with E-state index in [1.54, 1.807) is 7.05 Å². The number of aromatic nitrogens is 2. The van der Waals surface area contributed by atoms with Gasteiger partial charge in [0.2, 0.25) is 0 Å².